The van der Waals surface area contributed by atoms with E-state index in [1.165, 1.54) is 0 Å². The smallest absolute Gasteiger partial charge is 0.161 e. The van der Waals surface area contributed by atoms with Gasteiger partial charge < -0.3 is 18.9 Å². The molecule has 0 saturated carbocycles. The molecule has 1 aliphatic heterocycles. The summed E-state index contributed by atoms with van der Waals surface area (Å²) in [6.07, 6.45) is 0.789. The summed E-state index contributed by atoms with van der Waals surface area (Å²) in [5.41, 5.74) is 2.02. The van der Waals surface area contributed by atoms with Crippen LogP contribution < -0.4 is 18.9 Å². The van der Waals surface area contributed by atoms with Crippen LogP contribution in [-0.4, -0.2) is 33.7 Å². The average Bonchev–Trinajstić information content (AvgIpc) is 2.59. The first-order valence-corrected chi connectivity index (χ1v) is 6.88. The van der Waals surface area contributed by atoms with E-state index in [4.69, 9.17) is 18.9 Å². The van der Waals surface area contributed by atoms with Crippen molar-refractivity contribution in [3.8, 4) is 34.1 Å². The minimum atomic E-state index is 0.493. The van der Waals surface area contributed by atoms with Crippen molar-refractivity contribution in [2.45, 2.75) is 0 Å². The molecule has 0 amide bonds. The van der Waals surface area contributed by atoms with Crippen LogP contribution in [0.1, 0.15) is 10.4 Å². The zero-order valence-electron chi connectivity index (χ0n) is 12.4. The zero-order valence-corrected chi connectivity index (χ0v) is 12.4. The average molecular weight is 300 g/mol. The lowest BCUT2D eigenvalue weighted by molar-refractivity contribution is 0.112. The monoisotopic (exact) mass is 300 g/mol. The summed E-state index contributed by atoms with van der Waals surface area (Å²) in [4.78, 5) is 11.5. The maximum Gasteiger partial charge on any atom is 0.161 e. The van der Waals surface area contributed by atoms with Gasteiger partial charge in [0.25, 0.3) is 0 Å². The second-order valence-electron chi connectivity index (χ2n) is 4.77. The molecule has 5 heteroatoms. The van der Waals surface area contributed by atoms with Gasteiger partial charge in [-0.15, -0.1) is 0 Å². The molecule has 114 valence electrons. The number of carbonyl (C=O) groups excluding carboxylic acids is 1. The SMILES string of the molecule is COc1cc(C=O)c(-c2ccc3c(c2)OCCO3)c(OC)c1. The summed E-state index contributed by atoms with van der Waals surface area (Å²) < 4.78 is 21.7. The van der Waals surface area contributed by atoms with E-state index in [1.807, 2.05) is 18.2 Å². The third-order valence-electron chi connectivity index (χ3n) is 3.52. The van der Waals surface area contributed by atoms with Gasteiger partial charge in [0, 0.05) is 17.2 Å². The Kier molecular flexibility index (Phi) is 3.87. The molecule has 0 bridgehead atoms. The number of benzene rings is 2. The maximum atomic E-state index is 11.5. The van der Waals surface area contributed by atoms with Crippen molar-refractivity contribution in [2.75, 3.05) is 27.4 Å². The topological polar surface area (TPSA) is 54.0 Å². The van der Waals surface area contributed by atoms with Crippen molar-refractivity contribution in [3.63, 3.8) is 0 Å². The summed E-state index contributed by atoms with van der Waals surface area (Å²) in [6.45, 7) is 1.05. The van der Waals surface area contributed by atoms with Gasteiger partial charge in [0.2, 0.25) is 0 Å². The molecule has 2 aromatic carbocycles. The lowest BCUT2D eigenvalue weighted by Crippen LogP contribution is -2.15. The number of hydrogen-bond acceptors (Lipinski definition) is 5. The molecule has 0 N–H and O–H groups in total. The molecule has 22 heavy (non-hydrogen) atoms. The highest BCUT2D eigenvalue weighted by atomic mass is 16.6. The van der Waals surface area contributed by atoms with E-state index in [2.05, 4.69) is 0 Å². The number of methoxy groups -OCH3 is 2. The summed E-state index contributed by atoms with van der Waals surface area (Å²) in [6, 6.07) is 9.00. The number of ether oxygens (including phenoxy) is 4. The quantitative estimate of drug-likeness (QED) is 0.813. The number of carbonyl (C=O) groups is 1. The van der Waals surface area contributed by atoms with Gasteiger partial charge in [0.1, 0.15) is 24.7 Å². The molecular weight excluding hydrogens is 284 g/mol. The summed E-state index contributed by atoms with van der Waals surface area (Å²) in [5.74, 6) is 2.51. The van der Waals surface area contributed by atoms with Gasteiger partial charge in [-0.25, -0.2) is 0 Å². The van der Waals surface area contributed by atoms with E-state index in [1.54, 1.807) is 26.4 Å². The Hall–Kier alpha value is -2.69. The maximum absolute atomic E-state index is 11.5. The first kappa shape index (κ1) is 14.3. The molecular formula is C17H16O5. The van der Waals surface area contributed by atoms with Crippen LogP contribution in [-0.2, 0) is 0 Å². The Morgan fingerprint density at radius 3 is 2.45 bits per heavy atom. The van der Waals surface area contributed by atoms with E-state index >= 15 is 0 Å². The van der Waals surface area contributed by atoms with Gasteiger partial charge >= 0.3 is 0 Å². The van der Waals surface area contributed by atoms with E-state index in [9.17, 15) is 4.79 Å². The van der Waals surface area contributed by atoms with Crippen LogP contribution >= 0.6 is 0 Å². The van der Waals surface area contributed by atoms with Crippen LogP contribution in [0, 0.1) is 0 Å². The highest BCUT2D eigenvalue weighted by Crippen LogP contribution is 2.40. The Labute approximate surface area is 128 Å². The van der Waals surface area contributed by atoms with Gasteiger partial charge in [-0.05, 0) is 23.8 Å². The summed E-state index contributed by atoms with van der Waals surface area (Å²) in [7, 11) is 3.11. The van der Waals surface area contributed by atoms with Gasteiger partial charge in [0.05, 0.1) is 14.2 Å². The fraction of sp³-hybridized carbons (Fsp3) is 0.235. The van der Waals surface area contributed by atoms with Gasteiger partial charge in [-0.1, -0.05) is 6.07 Å². The van der Waals surface area contributed by atoms with Crippen molar-refractivity contribution in [1.82, 2.24) is 0 Å². The highest BCUT2D eigenvalue weighted by Gasteiger charge is 2.18. The highest BCUT2D eigenvalue weighted by molar-refractivity contribution is 5.92. The Bertz CT molecular complexity index is 708. The standard InChI is InChI=1S/C17H16O5/c1-19-13-7-12(10-18)17(16(9-13)20-2)11-3-4-14-15(8-11)22-6-5-21-14/h3-4,7-10H,5-6H2,1-2H3. The fourth-order valence-corrected chi connectivity index (χ4v) is 2.49. The Morgan fingerprint density at radius 2 is 1.77 bits per heavy atom. The van der Waals surface area contributed by atoms with Crippen LogP contribution in [0.3, 0.4) is 0 Å². The van der Waals surface area contributed by atoms with Crippen molar-refractivity contribution in [1.29, 1.82) is 0 Å². The van der Waals surface area contributed by atoms with E-state index in [-0.39, 0.29) is 0 Å². The molecule has 0 atom stereocenters. The van der Waals surface area contributed by atoms with Gasteiger partial charge in [-0.3, -0.25) is 4.79 Å². The predicted octanol–water partition coefficient (Wildman–Crippen LogP) is 2.95. The molecule has 3 rings (SSSR count). The predicted molar refractivity (Wildman–Crippen MR) is 81.4 cm³/mol. The van der Waals surface area contributed by atoms with E-state index < -0.39 is 0 Å². The first-order chi connectivity index (χ1) is 10.8. The largest absolute Gasteiger partial charge is 0.497 e. The number of rotatable bonds is 4. The minimum absolute atomic E-state index is 0.493. The molecule has 0 aromatic heterocycles. The third kappa shape index (κ3) is 2.45. The van der Waals surface area contributed by atoms with Crippen molar-refractivity contribution >= 4 is 6.29 Å². The van der Waals surface area contributed by atoms with Crippen molar-refractivity contribution in [2.24, 2.45) is 0 Å². The van der Waals surface area contributed by atoms with Crippen LogP contribution in [0.4, 0.5) is 0 Å². The Balaban J connectivity index is 2.16. The van der Waals surface area contributed by atoms with Gasteiger partial charge in [0.15, 0.2) is 17.8 Å². The molecule has 0 unspecified atom stereocenters. The van der Waals surface area contributed by atoms with Crippen LogP contribution in [0.15, 0.2) is 30.3 Å². The molecule has 1 aliphatic rings. The number of aldehydes is 1. The molecule has 0 radical (unpaired) electrons. The lowest BCUT2D eigenvalue weighted by Gasteiger charge is -2.20. The normalized spacial score (nSPS) is 12.6. The molecule has 0 fully saturated rings. The molecule has 0 spiro atoms. The second-order valence-corrected chi connectivity index (χ2v) is 4.77. The molecule has 0 aliphatic carbocycles. The molecule has 1 heterocycles. The molecule has 5 nitrogen and oxygen atoms in total. The summed E-state index contributed by atoms with van der Waals surface area (Å²) in [5, 5.41) is 0. The van der Waals surface area contributed by atoms with E-state index in [0.717, 1.165) is 11.8 Å². The van der Waals surface area contributed by atoms with Crippen LogP contribution in [0.2, 0.25) is 0 Å². The Morgan fingerprint density at radius 1 is 1.00 bits per heavy atom. The summed E-state index contributed by atoms with van der Waals surface area (Å²) >= 11 is 0. The van der Waals surface area contributed by atoms with Crippen LogP contribution in [0.25, 0.3) is 11.1 Å². The van der Waals surface area contributed by atoms with Gasteiger partial charge in [-0.2, -0.15) is 0 Å². The van der Waals surface area contributed by atoms with E-state index in [0.29, 0.717) is 47.3 Å². The molecule has 0 saturated heterocycles. The van der Waals surface area contributed by atoms with Crippen LogP contribution in [0.5, 0.6) is 23.0 Å². The number of fused-ring (bicyclic) bond motifs is 1. The second kappa shape index (κ2) is 5.97. The first-order valence-electron chi connectivity index (χ1n) is 6.88. The van der Waals surface area contributed by atoms with Crippen molar-refractivity contribution in [3.05, 3.63) is 35.9 Å². The number of hydrogen-bond donors (Lipinski definition) is 0. The fourth-order valence-electron chi connectivity index (χ4n) is 2.49. The zero-order chi connectivity index (χ0) is 15.5. The third-order valence-corrected chi connectivity index (χ3v) is 3.52. The lowest BCUT2D eigenvalue weighted by atomic mass is 9.98. The molecule has 2 aromatic rings. The van der Waals surface area contributed by atoms with Crippen molar-refractivity contribution < 1.29 is 23.7 Å². The minimum Gasteiger partial charge on any atom is -0.497 e.